The van der Waals surface area contributed by atoms with E-state index in [9.17, 15) is 4.21 Å². The Morgan fingerprint density at radius 2 is 2.00 bits per heavy atom. The van der Waals surface area contributed by atoms with Gasteiger partial charge in [-0.05, 0) is 24.5 Å². The van der Waals surface area contributed by atoms with E-state index in [-0.39, 0.29) is 0 Å². The van der Waals surface area contributed by atoms with E-state index < -0.39 is 11.0 Å². The fourth-order valence-electron chi connectivity index (χ4n) is 1.08. The maximum absolute atomic E-state index is 11.8. The zero-order chi connectivity index (χ0) is 10.6. The second-order valence-electron chi connectivity index (χ2n) is 3.78. The highest BCUT2D eigenvalue weighted by atomic mass is 32.2. The molecular formula is C11H17NOS. The number of benzene rings is 1. The van der Waals surface area contributed by atoms with Crippen LogP contribution in [-0.2, 0) is 11.0 Å². The summed E-state index contributed by atoms with van der Waals surface area (Å²) in [5.74, 6) is 0.517. The topological polar surface area (TPSA) is 29.1 Å². The van der Waals surface area contributed by atoms with Gasteiger partial charge in [0.1, 0.15) is 11.0 Å². The van der Waals surface area contributed by atoms with Gasteiger partial charge in [0.2, 0.25) is 0 Å². The van der Waals surface area contributed by atoms with E-state index in [1.54, 1.807) is 0 Å². The third-order valence-electron chi connectivity index (χ3n) is 1.92. The molecule has 1 aromatic rings. The first-order chi connectivity index (χ1) is 6.61. The molecule has 2 nitrogen and oxygen atoms in total. The van der Waals surface area contributed by atoms with Crippen LogP contribution in [0.25, 0.3) is 0 Å². The molecule has 1 N–H and O–H groups in total. The molecule has 0 spiro atoms. The first-order valence-electron chi connectivity index (χ1n) is 4.82. The van der Waals surface area contributed by atoms with Crippen LogP contribution in [0.3, 0.4) is 0 Å². The third-order valence-corrected chi connectivity index (χ3v) is 3.20. The number of rotatable bonds is 4. The SMILES string of the molecule is Cc1ccccc1S(=O)NCC(C)C. The van der Waals surface area contributed by atoms with Gasteiger partial charge in [-0.2, -0.15) is 0 Å². The zero-order valence-corrected chi connectivity index (χ0v) is 9.73. The molecule has 0 bridgehead atoms. The molecule has 0 fully saturated rings. The van der Waals surface area contributed by atoms with E-state index in [1.165, 1.54) is 0 Å². The fourth-order valence-corrected chi connectivity index (χ4v) is 2.29. The predicted molar refractivity (Wildman–Crippen MR) is 60.4 cm³/mol. The Morgan fingerprint density at radius 3 is 2.57 bits per heavy atom. The molecule has 0 aliphatic rings. The lowest BCUT2D eigenvalue weighted by atomic mass is 10.2. The van der Waals surface area contributed by atoms with Crippen molar-refractivity contribution in [2.45, 2.75) is 25.7 Å². The van der Waals surface area contributed by atoms with Crippen LogP contribution in [0.5, 0.6) is 0 Å². The average Bonchev–Trinajstić information content (AvgIpc) is 2.15. The molecule has 0 aliphatic heterocycles. The lowest BCUT2D eigenvalue weighted by molar-refractivity contribution is 0.616. The third kappa shape index (κ3) is 3.24. The van der Waals surface area contributed by atoms with Gasteiger partial charge in [-0.3, -0.25) is 0 Å². The van der Waals surface area contributed by atoms with E-state index in [0.29, 0.717) is 5.92 Å². The zero-order valence-electron chi connectivity index (χ0n) is 8.91. The van der Waals surface area contributed by atoms with E-state index >= 15 is 0 Å². The lowest BCUT2D eigenvalue weighted by Gasteiger charge is -2.08. The van der Waals surface area contributed by atoms with Gasteiger partial charge >= 0.3 is 0 Å². The molecule has 78 valence electrons. The average molecular weight is 211 g/mol. The quantitative estimate of drug-likeness (QED) is 0.813. The summed E-state index contributed by atoms with van der Waals surface area (Å²) in [6.45, 7) is 6.95. The van der Waals surface area contributed by atoms with Crippen LogP contribution in [0.1, 0.15) is 19.4 Å². The van der Waals surface area contributed by atoms with Crippen LogP contribution in [0.2, 0.25) is 0 Å². The van der Waals surface area contributed by atoms with E-state index in [0.717, 1.165) is 17.0 Å². The predicted octanol–water partition coefficient (Wildman–Crippen LogP) is 2.26. The second-order valence-corrected chi connectivity index (χ2v) is 5.04. The molecule has 1 aromatic carbocycles. The largest absolute Gasteiger partial charge is 0.237 e. The molecule has 0 heterocycles. The Bertz CT molecular complexity index is 323. The minimum atomic E-state index is -1.07. The number of hydrogen-bond acceptors (Lipinski definition) is 1. The first-order valence-corrected chi connectivity index (χ1v) is 5.97. The van der Waals surface area contributed by atoms with Crippen molar-refractivity contribution in [3.63, 3.8) is 0 Å². The number of hydrogen-bond donors (Lipinski definition) is 1. The standard InChI is InChI=1S/C11H17NOS/c1-9(2)8-12-14(13)11-7-5-4-6-10(11)3/h4-7,9,12H,8H2,1-3H3. The van der Waals surface area contributed by atoms with Crippen molar-refractivity contribution in [3.8, 4) is 0 Å². The highest BCUT2D eigenvalue weighted by molar-refractivity contribution is 7.83. The second kappa shape index (κ2) is 5.27. The van der Waals surface area contributed by atoms with E-state index in [2.05, 4.69) is 18.6 Å². The molecule has 0 saturated carbocycles. The minimum absolute atomic E-state index is 0.517. The summed E-state index contributed by atoms with van der Waals surface area (Å²) in [6.07, 6.45) is 0. The Balaban J connectivity index is 2.65. The Hall–Kier alpha value is -0.670. The van der Waals surface area contributed by atoms with Crippen LogP contribution in [-0.4, -0.2) is 10.8 Å². The summed E-state index contributed by atoms with van der Waals surface area (Å²) >= 11 is 0. The smallest absolute Gasteiger partial charge is 0.125 e. The Morgan fingerprint density at radius 1 is 1.36 bits per heavy atom. The van der Waals surface area contributed by atoms with Gasteiger partial charge in [-0.15, -0.1) is 0 Å². The summed E-state index contributed by atoms with van der Waals surface area (Å²) < 4.78 is 14.8. The highest BCUT2D eigenvalue weighted by Crippen LogP contribution is 2.10. The Labute approximate surface area is 88.3 Å². The highest BCUT2D eigenvalue weighted by Gasteiger charge is 2.05. The monoisotopic (exact) mass is 211 g/mol. The summed E-state index contributed by atoms with van der Waals surface area (Å²) in [5, 5.41) is 0. The Kier molecular flexibility index (Phi) is 4.29. The van der Waals surface area contributed by atoms with Gasteiger partial charge < -0.3 is 0 Å². The molecule has 0 saturated heterocycles. The van der Waals surface area contributed by atoms with Gasteiger partial charge in [-0.25, -0.2) is 8.93 Å². The molecule has 3 heteroatoms. The summed E-state index contributed by atoms with van der Waals surface area (Å²) in [4.78, 5) is 0.883. The first kappa shape index (κ1) is 11.4. The van der Waals surface area contributed by atoms with E-state index in [1.807, 2.05) is 31.2 Å². The molecule has 0 amide bonds. The van der Waals surface area contributed by atoms with Gasteiger partial charge in [0, 0.05) is 6.54 Å². The van der Waals surface area contributed by atoms with Gasteiger partial charge in [-0.1, -0.05) is 32.0 Å². The van der Waals surface area contributed by atoms with Crippen molar-refractivity contribution in [3.05, 3.63) is 29.8 Å². The lowest BCUT2D eigenvalue weighted by Crippen LogP contribution is -2.22. The molecule has 0 radical (unpaired) electrons. The molecule has 1 rings (SSSR count). The number of nitrogens with one attached hydrogen (secondary N) is 1. The van der Waals surface area contributed by atoms with E-state index in [4.69, 9.17) is 0 Å². The summed E-state index contributed by atoms with van der Waals surface area (Å²) in [7, 11) is -1.07. The molecule has 0 aromatic heterocycles. The van der Waals surface area contributed by atoms with Gasteiger partial charge in [0.25, 0.3) is 0 Å². The van der Waals surface area contributed by atoms with Crippen molar-refractivity contribution < 1.29 is 4.21 Å². The van der Waals surface area contributed by atoms with Crippen LogP contribution < -0.4 is 4.72 Å². The summed E-state index contributed by atoms with van der Waals surface area (Å²) in [5.41, 5.74) is 1.07. The molecule has 0 aliphatic carbocycles. The van der Waals surface area contributed by atoms with Crippen LogP contribution >= 0.6 is 0 Å². The maximum Gasteiger partial charge on any atom is 0.125 e. The maximum atomic E-state index is 11.8. The van der Waals surface area contributed by atoms with Crippen LogP contribution in [0, 0.1) is 12.8 Å². The number of aryl methyl sites for hydroxylation is 1. The van der Waals surface area contributed by atoms with Gasteiger partial charge in [0.05, 0.1) is 4.90 Å². The van der Waals surface area contributed by atoms with Crippen molar-refractivity contribution in [2.75, 3.05) is 6.54 Å². The fraction of sp³-hybridized carbons (Fsp3) is 0.455. The van der Waals surface area contributed by atoms with Crippen molar-refractivity contribution in [1.82, 2.24) is 4.72 Å². The van der Waals surface area contributed by atoms with Crippen molar-refractivity contribution in [1.29, 1.82) is 0 Å². The van der Waals surface area contributed by atoms with Gasteiger partial charge in [0.15, 0.2) is 0 Å². The normalized spacial score (nSPS) is 13.1. The minimum Gasteiger partial charge on any atom is -0.237 e. The van der Waals surface area contributed by atoms with Crippen LogP contribution in [0.15, 0.2) is 29.2 Å². The summed E-state index contributed by atoms with van der Waals surface area (Å²) in [6, 6.07) is 7.75. The molecule has 14 heavy (non-hydrogen) atoms. The van der Waals surface area contributed by atoms with Crippen molar-refractivity contribution in [2.24, 2.45) is 5.92 Å². The van der Waals surface area contributed by atoms with Crippen LogP contribution in [0.4, 0.5) is 0 Å². The molecule has 1 atom stereocenters. The molecule has 1 unspecified atom stereocenters. The van der Waals surface area contributed by atoms with Crippen molar-refractivity contribution >= 4 is 11.0 Å². The molecular weight excluding hydrogens is 194 g/mol.